The third-order valence-corrected chi connectivity index (χ3v) is 20.8. The van der Waals surface area contributed by atoms with Crippen LogP contribution in [0.25, 0.3) is 0 Å². The molecule has 19 nitrogen and oxygen atoms in total. The van der Waals surface area contributed by atoms with Gasteiger partial charge in [0, 0.05) is 6.42 Å². The molecule has 3 fully saturated rings. The largest absolute Gasteiger partial charge is 0.394 e. The van der Waals surface area contributed by atoms with Gasteiger partial charge in [0.05, 0.1) is 38.6 Å². The lowest BCUT2D eigenvalue weighted by molar-refractivity contribution is -0.379. The van der Waals surface area contributed by atoms with Crippen molar-refractivity contribution in [2.75, 3.05) is 26.4 Å². The van der Waals surface area contributed by atoms with Crippen LogP contribution in [0.5, 0.6) is 0 Å². The number of allylic oxidation sites excluding steroid dienone is 23. The second-order valence-electron chi connectivity index (χ2n) is 30.6. The van der Waals surface area contributed by atoms with Crippen LogP contribution < -0.4 is 5.32 Å². The molecule has 17 atom stereocenters. The smallest absolute Gasteiger partial charge is 0.220 e. The number of carbonyl (C=O) groups excluding carboxylic acids is 1. The predicted octanol–water partition coefficient (Wildman–Crippen LogP) is 16.6. The Balaban J connectivity index is 1.37. The number of amides is 1. The van der Waals surface area contributed by atoms with Crippen molar-refractivity contribution in [2.24, 2.45) is 0 Å². The average molecular weight is 1580 g/mol. The van der Waals surface area contributed by atoms with Crippen molar-refractivity contribution in [1.29, 1.82) is 0 Å². The van der Waals surface area contributed by atoms with Crippen LogP contribution in [0.1, 0.15) is 303 Å². The second-order valence-corrected chi connectivity index (χ2v) is 30.6. The lowest BCUT2D eigenvalue weighted by Gasteiger charge is -2.48. The molecule has 112 heavy (non-hydrogen) atoms. The Bertz CT molecular complexity index is 2590. The van der Waals surface area contributed by atoms with Crippen LogP contribution in [0.2, 0.25) is 0 Å². The van der Waals surface area contributed by atoms with E-state index in [1.165, 1.54) is 154 Å². The highest BCUT2D eigenvalue weighted by molar-refractivity contribution is 5.76. The summed E-state index contributed by atoms with van der Waals surface area (Å²) in [7, 11) is 0. The van der Waals surface area contributed by atoms with Crippen molar-refractivity contribution in [3.05, 3.63) is 146 Å². The first-order chi connectivity index (χ1) is 54.8. The molecule has 0 saturated carbocycles. The van der Waals surface area contributed by atoms with Gasteiger partial charge in [0.2, 0.25) is 5.91 Å². The quantitative estimate of drug-likeness (QED) is 0.0199. The van der Waals surface area contributed by atoms with E-state index in [-0.39, 0.29) is 18.9 Å². The van der Waals surface area contributed by atoms with Crippen molar-refractivity contribution in [2.45, 2.75) is 407 Å². The molecular formula is C93H157NO18. The number of aliphatic hydroxyl groups excluding tert-OH is 11. The van der Waals surface area contributed by atoms with Gasteiger partial charge < -0.3 is 89.9 Å². The van der Waals surface area contributed by atoms with Gasteiger partial charge in [-0.15, -0.1) is 0 Å². The number of nitrogens with one attached hydrogen (secondary N) is 1. The maximum absolute atomic E-state index is 13.5. The highest BCUT2D eigenvalue weighted by atomic mass is 16.8. The van der Waals surface area contributed by atoms with E-state index in [1.807, 2.05) is 6.08 Å². The van der Waals surface area contributed by atoms with Crippen LogP contribution in [0, 0.1) is 0 Å². The molecule has 3 heterocycles. The van der Waals surface area contributed by atoms with E-state index in [9.17, 15) is 61.0 Å². The van der Waals surface area contributed by atoms with Gasteiger partial charge in [0.15, 0.2) is 18.9 Å². The molecule has 3 aliphatic heterocycles. The zero-order valence-electron chi connectivity index (χ0n) is 69.1. The normalized spacial score (nSPS) is 25.7. The van der Waals surface area contributed by atoms with Gasteiger partial charge in [-0.3, -0.25) is 4.79 Å². The Labute approximate surface area is 676 Å². The third kappa shape index (κ3) is 49.0. The van der Waals surface area contributed by atoms with Gasteiger partial charge in [-0.25, -0.2) is 0 Å². The molecule has 0 aliphatic carbocycles. The van der Waals surface area contributed by atoms with E-state index < -0.39 is 124 Å². The van der Waals surface area contributed by atoms with E-state index in [0.29, 0.717) is 12.8 Å². The number of rotatable bonds is 69. The summed E-state index contributed by atoms with van der Waals surface area (Å²) in [4.78, 5) is 13.5. The molecule has 3 rings (SSSR count). The first-order valence-corrected chi connectivity index (χ1v) is 44.1. The minimum absolute atomic E-state index is 0.215. The molecule has 3 aliphatic rings. The van der Waals surface area contributed by atoms with Crippen LogP contribution >= 0.6 is 0 Å². The topological polar surface area (TPSA) is 307 Å². The van der Waals surface area contributed by atoms with Crippen molar-refractivity contribution in [3.63, 3.8) is 0 Å². The fraction of sp³-hybridized carbons (Fsp3) is 0.731. The van der Waals surface area contributed by atoms with Gasteiger partial charge in [0.25, 0.3) is 0 Å². The maximum Gasteiger partial charge on any atom is 0.220 e. The Morgan fingerprint density at radius 2 is 0.625 bits per heavy atom. The average Bonchev–Trinajstić information content (AvgIpc) is 0.781. The van der Waals surface area contributed by atoms with Crippen LogP contribution in [0.4, 0.5) is 0 Å². The van der Waals surface area contributed by atoms with Gasteiger partial charge in [-0.2, -0.15) is 0 Å². The van der Waals surface area contributed by atoms with E-state index in [1.54, 1.807) is 6.08 Å². The summed E-state index contributed by atoms with van der Waals surface area (Å²) in [6.45, 7) is 1.61. The fourth-order valence-electron chi connectivity index (χ4n) is 13.9. The second kappa shape index (κ2) is 70.8. The number of hydrogen-bond acceptors (Lipinski definition) is 18. The number of hydrogen-bond donors (Lipinski definition) is 12. The minimum atomic E-state index is -1.99. The molecule has 3 saturated heterocycles. The van der Waals surface area contributed by atoms with Crippen molar-refractivity contribution < 1.29 is 89.4 Å². The van der Waals surface area contributed by atoms with Crippen molar-refractivity contribution in [3.8, 4) is 0 Å². The van der Waals surface area contributed by atoms with Crippen LogP contribution in [-0.2, 0) is 33.2 Å². The summed E-state index contributed by atoms with van der Waals surface area (Å²) >= 11 is 0. The molecule has 642 valence electrons. The predicted molar refractivity (Wildman–Crippen MR) is 452 cm³/mol. The first-order valence-electron chi connectivity index (χ1n) is 44.1. The fourth-order valence-corrected chi connectivity index (χ4v) is 13.9. The maximum atomic E-state index is 13.5. The van der Waals surface area contributed by atoms with E-state index in [4.69, 9.17) is 28.4 Å². The molecule has 19 heteroatoms. The molecule has 0 aromatic rings. The third-order valence-electron chi connectivity index (χ3n) is 20.8. The zero-order valence-corrected chi connectivity index (χ0v) is 69.1. The molecular weight excluding hydrogens is 1420 g/mol. The van der Waals surface area contributed by atoms with Gasteiger partial charge in [0.1, 0.15) is 73.2 Å². The highest BCUT2D eigenvalue weighted by Crippen LogP contribution is 2.33. The van der Waals surface area contributed by atoms with Gasteiger partial charge in [-0.1, -0.05) is 327 Å². The van der Waals surface area contributed by atoms with E-state index in [2.05, 4.69) is 153 Å². The van der Waals surface area contributed by atoms with Gasteiger partial charge in [-0.05, 0) is 116 Å². The van der Waals surface area contributed by atoms with E-state index >= 15 is 0 Å². The molecule has 0 bridgehead atoms. The number of ether oxygens (including phenoxy) is 6. The van der Waals surface area contributed by atoms with E-state index in [0.717, 1.165) is 116 Å². The summed E-state index contributed by atoms with van der Waals surface area (Å²) in [5.41, 5.74) is 0. The van der Waals surface area contributed by atoms with Gasteiger partial charge >= 0.3 is 0 Å². The molecule has 1 amide bonds. The summed E-state index contributed by atoms with van der Waals surface area (Å²) in [6.07, 6.45) is 77.0. The SMILES string of the molecule is CC/C=C\C/C=C\C/C=C\C/C=C\C/C=C\C/C=C\C/C=C\C/C=C\C/C=C\CCCCCCCCCCCC(=O)NC(COC1OC(CO)C(OC2OC(CO)C(OC3OC(CO)C(O)C(O)C3O)C(O)C2O)C(O)C1O)C(O)/C=C/CC/C=C/CC/C=C/CCCCCCCCCCCCCCCCCCCCCC. The van der Waals surface area contributed by atoms with Crippen molar-refractivity contribution in [1.82, 2.24) is 5.32 Å². The standard InChI is InChI=1S/C93H157NO18/c1-3-5-7-9-11-13-15-17-19-21-23-25-27-29-31-33-35-36-37-38-39-40-41-43-45-47-49-51-53-55-57-59-61-63-65-67-69-71-81(99)94-76(77(98)70-68-66-64-62-60-58-56-54-52-50-48-46-44-42-34-32-30-28-26-24-22-20-18-16-14-12-10-8-6-4-2)75-107-91-87(105)84(102)89(79(73-96)109-91)112-93-88(106)85(103)90(80(74-97)110-93)111-92-86(104)83(101)82(100)78(72-95)108-92/h5,7,11,13,17,19,23,25,29,31,35-36,38-39,41,43,47,49,52,54,60,62,68,70,76-80,82-93,95-98,100-106H,3-4,6,8-10,12,14-16,18,20-22,24,26-28,30,32-34,37,40,42,44-46,48,50-51,53,55-59,61,63-67,69,71-75H2,1-2H3,(H,94,99)/b7-5-,13-11-,19-17-,25-23-,31-29-,36-35-,39-38-,43-41-,49-47-,54-52+,62-60+,70-68+. The number of unbranched alkanes of at least 4 members (excludes halogenated alkanes) is 31. The summed E-state index contributed by atoms with van der Waals surface area (Å²) in [5.74, 6) is -0.300. The number of aliphatic hydroxyl groups is 11. The Morgan fingerprint density at radius 3 is 1.00 bits per heavy atom. The van der Waals surface area contributed by atoms with Crippen LogP contribution in [0.3, 0.4) is 0 Å². The molecule has 17 unspecified atom stereocenters. The zero-order chi connectivity index (χ0) is 81.0. The lowest BCUT2D eigenvalue weighted by Crippen LogP contribution is -2.66. The van der Waals surface area contributed by atoms with Crippen LogP contribution in [0.15, 0.2) is 146 Å². The summed E-state index contributed by atoms with van der Waals surface area (Å²) in [6, 6.07) is -1.01. The Hall–Kier alpha value is -4.33. The summed E-state index contributed by atoms with van der Waals surface area (Å²) < 4.78 is 34.5. The highest BCUT2D eigenvalue weighted by Gasteiger charge is 2.54. The molecule has 12 N–H and O–H groups in total. The van der Waals surface area contributed by atoms with Crippen LogP contribution in [-0.4, -0.2) is 193 Å². The molecule has 0 spiro atoms. The molecule has 0 aromatic carbocycles. The minimum Gasteiger partial charge on any atom is -0.394 e. The first kappa shape index (κ1) is 102. The molecule has 0 radical (unpaired) electrons. The Kier molecular flexibility index (Phi) is 64.4. The number of carbonyl (C=O) groups is 1. The summed E-state index contributed by atoms with van der Waals surface area (Å²) in [5, 5.41) is 121. The molecule has 0 aromatic heterocycles. The lowest BCUT2D eigenvalue weighted by atomic mass is 9.96. The van der Waals surface area contributed by atoms with Crippen molar-refractivity contribution >= 4 is 5.91 Å². The Morgan fingerprint density at radius 1 is 0.330 bits per heavy atom. The monoisotopic (exact) mass is 1580 g/mol.